The molecule has 18 aliphatic rings. The van der Waals surface area contributed by atoms with Gasteiger partial charge in [0.15, 0.2) is 0 Å². The lowest BCUT2D eigenvalue weighted by atomic mass is 9.47. The summed E-state index contributed by atoms with van der Waals surface area (Å²) in [6.45, 7) is 49.1. The molecule has 8 spiro atoms. The van der Waals surface area contributed by atoms with Gasteiger partial charge in [0, 0.05) is 46.2 Å². The lowest BCUT2D eigenvalue weighted by Crippen LogP contribution is -2.57. The normalized spacial score (nSPS) is 35.7. The van der Waals surface area contributed by atoms with Crippen LogP contribution in [0.4, 0.5) is 0 Å². The minimum atomic E-state index is 0.325. The zero-order valence-electron chi connectivity index (χ0n) is 80.0. The number of rotatable bonds is 15. The highest BCUT2D eigenvalue weighted by Crippen LogP contribution is 2.74. The van der Waals surface area contributed by atoms with E-state index in [-0.39, 0.29) is 0 Å². The molecular formula is C108H194O7. The topological polar surface area (TPSA) is 64.6 Å². The number of hydrogen-bond donors (Lipinski definition) is 0. The largest absolute Gasteiger partial charge is 0.381 e. The number of ether oxygens (including phenoxy) is 7. The summed E-state index contributed by atoms with van der Waals surface area (Å²) in [5.74, 6) is 5.54. The number of hydrogen-bond acceptors (Lipinski definition) is 7. The first-order valence-corrected chi connectivity index (χ1v) is 52.4. The molecule has 18 rings (SSSR count). The molecule has 9 atom stereocenters. The lowest BCUT2D eigenvalue weighted by molar-refractivity contribution is -0.188. The van der Waals surface area contributed by atoms with Crippen LogP contribution in [0.25, 0.3) is 0 Å². The predicted octanol–water partition coefficient (Wildman–Crippen LogP) is 31.2. The molecule has 0 aromatic rings. The summed E-state index contributed by atoms with van der Waals surface area (Å²) >= 11 is 0. The molecule has 7 heteroatoms. The minimum absolute atomic E-state index is 0.325. The van der Waals surface area contributed by atoms with Gasteiger partial charge in [0.25, 0.3) is 0 Å². The van der Waals surface area contributed by atoms with Gasteiger partial charge in [-0.05, 0) is 352 Å². The molecule has 0 radical (unpaired) electrons. The molecule has 7 nitrogen and oxygen atoms in total. The van der Waals surface area contributed by atoms with Crippen LogP contribution in [0.2, 0.25) is 0 Å². The van der Waals surface area contributed by atoms with Crippen LogP contribution in [0.5, 0.6) is 0 Å². The molecule has 0 saturated heterocycles. The Hall–Kier alpha value is -0.280. The maximum Gasteiger partial charge on any atom is 0.0687 e. The fourth-order valence-corrected chi connectivity index (χ4v) is 34.5. The second-order valence-corrected chi connectivity index (χ2v) is 47.9. The van der Waals surface area contributed by atoms with Crippen molar-refractivity contribution in [3.8, 4) is 0 Å². The summed E-state index contributed by atoms with van der Waals surface area (Å²) in [6, 6.07) is 0. The number of fused-ring (bicyclic) bond motifs is 8. The highest BCUT2D eigenvalue weighted by atomic mass is 16.5. The molecule has 668 valence electrons. The van der Waals surface area contributed by atoms with Crippen molar-refractivity contribution < 1.29 is 33.2 Å². The third-order valence-corrected chi connectivity index (χ3v) is 40.0. The third kappa shape index (κ3) is 19.1. The second-order valence-electron chi connectivity index (χ2n) is 47.9. The fraction of sp³-hybridized carbons (Fsp3) is 1.00. The van der Waals surface area contributed by atoms with E-state index in [1.165, 1.54) is 353 Å². The zero-order chi connectivity index (χ0) is 82.1. The van der Waals surface area contributed by atoms with E-state index in [0.717, 1.165) is 93.8 Å². The van der Waals surface area contributed by atoms with Gasteiger partial charge in [0.2, 0.25) is 0 Å². The summed E-state index contributed by atoms with van der Waals surface area (Å²) < 4.78 is 43.1. The first kappa shape index (κ1) is 93.9. The average Bonchev–Trinajstić information content (AvgIpc) is 1.52. The summed E-state index contributed by atoms with van der Waals surface area (Å²) in [6.07, 6.45) is 84.9. The van der Waals surface area contributed by atoms with Crippen molar-refractivity contribution in [3.63, 3.8) is 0 Å². The summed E-state index contributed by atoms with van der Waals surface area (Å²) in [5.41, 5.74) is 7.33. The molecule has 0 N–H and O–H groups in total. The first-order chi connectivity index (χ1) is 55.1. The van der Waals surface area contributed by atoms with Crippen molar-refractivity contribution in [2.75, 3.05) is 52.9 Å². The van der Waals surface area contributed by atoms with Crippen molar-refractivity contribution in [1.82, 2.24) is 0 Å². The van der Waals surface area contributed by atoms with E-state index >= 15 is 0 Å². The Labute approximate surface area is 714 Å². The highest BCUT2D eigenvalue weighted by Gasteiger charge is 2.69. The van der Waals surface area contributed by atoms with E-state index in [9.17, 15) is 0 Å². The monoisotopic (exact) mass is 1600 g/mol. The van der Waals surface area contributed by atoms with Gasteiger partial charge < -0.3 is 33.2 Å². The first-order valence-electron chi connectivity index (χ1n) is 52.4. The summed E-state index contributed by atoms with van der Waals surface area (Å²) in [5, 5.41) is 0. The second kappa shape index (κ2) is 39.7. The van der Waals surface area contributed by atoms with Gasteiger partial charge in [-0.3, -0.25) is 0 Å². The van der Waals surface area contributed by atoms with Gasteiger partial charge in [-0.2, -0.15) is 0 Å². The van der Waals surface area contributed by atoms with E-state index in [0.29, 0.717) is 107 Å². The Balaban J connectivity index is 0.000000124. The van der Waals surface area contributed by atoms with E-state index < -0.39 is 0 Å². The SMILES string of the molecule is CCOC1C(C)(C)C2CCCC2C1(C)C.CCOC1C(C)(C)CCC2(CCCCC2)C1(C)C.CCOC1C2(CCCC2)CCC12CCCC2.CCOC1C2(CCCCC2)CCC12CCCCC2.CCOC1C2CC(CC23CCCCC3)C1(C)C.CCOC1C2CC(CC23CCCCC3)C12CCCC2.CCOCC1(C)CCCCCC1. The molecule has 18 aliphatic carbocycles. The predicted molar refractivity (Wildman–Crippen MR) is 485 cm³/mol. The smallest absolute Gasteiger partial charge is 0.0687 e. The molecule has 0 aromatic carbocycles. The van der Waals surface area contributed by atoms with Crippen LogP contribution in [0, 0.1) is 111 Å². The van der Waals surface area contributed by atoms with Crippen LogP contribution >= 0.6 is 0 Å². The molecule has 0 heterocycles. The van der Waals surface area contributed by atoms with E-state index in [1.54, 1.807) is 6.42 Å². The van der Waals surface area contributed by atoms with E-state index in [1.807, 2.05) is 0 Å². The molecule has 18 fully saturated rings. The minimum Gasteiger partial charge on any atom is -0.381 e. The molecule has 0 aliphatic heterocycles. The Morgan fingerprint density at radius 2 is 0.565 bits per heavy atom. The molecule has 4 bridgehead atoms. The Morgan fingerprint density at radius 1 is 0.243 bits per heavy atom. The van der Waals surface area contributed by atoms with E-state index in [2.05, 4.69) is 125 Å². The van der Waals surface area contributed by atoms with Crippen LogP contribution < -0.4 is 0 Å². The van der Waals surface area contributed by atoms with Crippen molar-refractivity contribution in [1.29, 1.82) is 0 Å². The van der Waals surface area contributed by atoms with Crippen LogP contribution in [-0.2, 0) is 33.2 Å². The molecule has 9 unspecified atom stereocenters. The Morgan fingerprint density at radius 3 is 0.965 bits per heavy atom. The van der Waals surface area contributed by atoms with Gasteiger partial charge in [0.05, 0.1) is 43.2 Å². The van der Waals surface area contributed by atoms with Gasteiger partial charge in [-0.25, -0.2) is 0 Å². The molecule has 0 aromatic heterocycles. The molecule has 0 amide bonds. The van der Waals surface area contributed by atoms with Crippen molar-refractivity contribution in [2.24, 2.45) is 111 Å². The third-order valence-electron chi connectivity index (χ3n) is 40.0. The van der Waals surface area contributed by atoms with Crippen molar-refractivity contribution in [3.05, 3.63) is 0 Å². The zero-order valence-corrected chi connectivity index (χ0v) is 80.0. The lowest BCUT2D eigenvalue weighted by Gasteiger charge is -2.61. The molecular weight excluding hydrogens is 1410 g/mol. The summed E-state index contributed by atoms with van der Waals surface area (Å²) in [4.78, 5) is 0. The van der Waals surface area contributed by atoms with Gasteiger partial charge in [-0.15, -0.1) is 0 Å². The van der Waals surface area contributed by atoms with Crippen LogP contribution in [0.15, 0.2) is 0 Å². The van der Waals surface area contributed by atoms with Crippen LogP contribution in [0.1, 0.15) is 484 Å². The quantitative estimate of drug-likeness (QED) is 0.151. The average molecular weight is 1600 g/mol. The van der Waals surface area contributed by atoms with Crippen molar-refractivity contribution in [2.45, 2.75) is 521 Å². The van der Waals surface area contributed by atoms with Gasteiger partial charge in [-0.1, -0.05) is 243 Å². The van der Waals surface area contributed by atoms with Gasteiger partial charge in [0.1, 0.15) is 0 Å². The van der Waals surface area contributed by atoms with Crippen molar-refractivity contribution >= 4 is 0 Å². The molecule has 115 heavy (non-hydrogen) atoms. The highest BCUT2D eigenvalue weighted by molar-refractivity contribution is 5.18. The Kier molecular flexibility index (Phi) is 32.4. The standard InChI is InChI=1S/C18H30O.C17H30O.C17H32O.C16H28O.C15H26O.C14H26O.C11H22O/c1-2-19-16-15-12-14(18(16)10-6-7-11-18)13-17(15)8-4-3-5-9-17;1-2-18-15-16(9-5-3-6-10-16)13-14-17(15)11-7-4-8-12-17;1-6-18-14-15(2,3)12-13-17(16(14,4)5)10-8-7-9-11-17;1-4-17-14-13-10-12(15(14,2)3)11-16(13)8-6-5-7-9-16;1-2-16-13-14(7-3-4-8-14)11-12-15(13)9-5-6-10-15;1-6-15-12-13(2,3)10-8-7-9-11(10)14(12,4)5;1-3-12-10-11(2)8-6-4-5-7-9-11/h14-16H,2-13H2,1H3;15H,2-14H2,1H3;14H,6-13H2,1-5H3;12-14H,4-11H2,1-3H3;13H,2-12H2,1H3;10-12H,6-9H2,1-5H3;3-10H2,1-2H3. The van der Waals surface area contributed by atoms with E-state index in [4.69, 9.17) is 33.2 Å². The summed E-state index contributed by atoms with van der Waals surface area (Å²) in [7, 11) is 0. The maximum atomic E-state index is 6.40. The van der Waals surface area contributed by atoms with Crippen LogP contribution in [0.3, 0.4) is 0 Å². The maximum absolute atomic E-state index is 6.40. The Bertz CT molecular complexity index is 2770. The van der Waals surface area contributed by atoms with Crippen LogP contribution in [-0.4, -0.2) is 89.5 Å². The fourth-order valence-electron chi connectivity index (χ4n) is 34.5. The molecule has 18 saturated carbocycles. The van der Waals surface area contributed by atoms with Gasteiger partial charge >= 0.3 is 0 Å².